The third kappa shape index (κ3) is 3.11. The lowest BCUT2D eigenvalue weighted by molar-refractivity contribution is 0.632. The van der Waals surface area contributed by atoms with Crippen LogP contribution >= 0.6 is 0 Å². The van der Waals surface area contributed by atoms with E-state index in [9.17, 15) is 0 Å². The molecule has 1 aliphatic rings. The molecule has 1 fully saturated rings. The van der Waals surface area contributed by atoms with Crippen LogP contribution in [0.25, 0.3) is 11.0 Å². The molecule has 1 atom stereocenters. The number of hydrogen-bond donors (Lipinski definition) is 3. The summed E-state index contributed by atoms with van der Waals surface area (Å²) in [6, 6.07) is 2.49. The number of aryl methyl sites for hydroxylation is 2. The predicted molar refractivity (Wildman–Crippen MR) is 90.5 cm³/mol. The zero-order chi connectivity index (χ0) is 15.5. The summed E-state index contributed by atoms with van der Waals surface area (Å²) in [6.45, 7) is 6.21. The summed E-state index contributed by atoms with van der Waals surface area (Å²) in [6.07, 6.45) is 3.42. The van der Waals surface area contributed by atoms with E-state index in [0.29, 0.717) is 12.0 Å². The van der Waals surface area contributed by atoms with Crippen LogP contribution in [-0.4, -0.2) is 41.1 Å². The van der Waals surface area contributed by atoms with Crippen molar-refractivity contribution in [2.45, 2.75) is 39.2 Å². The van der Waals surface area contributed by atoms with Crippen molar-refractivity contribution >= 4 is 22.8 Å². The maximum atomic E-state index is 4.64. The van der Waals surface area contributed by atoms with E-state index in [1.54, 1.807) is 0 Å². The van der Waals surface area contributed by atoms with Crippen molar-refractivity contribution in [3.8, 4) is 0 Å². The van der Waals surface area contributed by atoms with E-state index in [2.05, 4.69) is 43.9 Å². The van der Waals surface area contributed by atoms with Gasteiger partial charge in [0, 0.05) is 18.8 Å². The largest absolute Gasteiger partial charge is 0.372 e. The van der Waals surface area contributed by atoms with Crippen LogP contribution < -0.4 is 16.0 Å². The summed E-state index contributed by atoms with van der Waals surface area (Å²) in [4.78, 5) is 13.9. The molecule has 0 aliphatic carbocycles. The molecular formula is C16H24N6. The molecule has 118 valence electrons. The predicted octanol–water partition coefficient (Wildman–Crippen LogP) is 2.24. The van der Waals surface area contributed by atoms with E-state index in [0.717, 1.165) is 54.0 Å². The lowest BCUT2D eigenvalue weighted by atomic mass is 10.1. The van der Waals surface area contributed by atoms with Gasteiger partial charge in [-0.25, -0.2) is 4.98 Å². The smallest absolute Gasteiger partial charge is 0.226 e. The summed E-state index contributed by atoms with van der Waals surface area (Å²) < 4.78 is 0. The molecule has 22 heavy (non-hydrogen) atoms. The van der Waals surface area contributed by atoms with Crippen molar-refractivity contribution in [1.29, 1.82) is 0 Å². The fourth-order valence-electron chi connectivity index (χ4n) is 3.07. The van der Waals surface area contributed by atoms with Crippen molar-refractivity contribution in [2.75, 3.05) is 30.8 Å². The molecule has 0 unspecified atom stereocenters. The lowest BCUT2D eigenvalue weighted by Crippen LogP contribution is -2.23. The van der Waals surface area contributed by atoms with E-state index in [1.165, 1.54) is 6.42 Å². The number of aromatic nitrogens is 3. The molecule has 2 aromatic heterocycles. The Bertz CT molecular complexity index is 661. The highest BCUT2D eigenvalue weighted by Gasteiger charge is 2.15. The first-order valence-electron chi connectivity index (χ1n) is 7.98. The van der Waals surface area contributed by atoms with Crippen molar-refractivity contribution in [3.63, 3.8) is 0 Å². The van der Waals surface area contributed by atoms with Crippen LogP contribution in [0.3, 0.4) is 0 Å². The second-order valence-corrected chi connectivity index (χ2v) is 5.95. The highest BCUT2D eigenvalue weighted by Crippen LogP contribution is 2.25. The average Bonchev–Trinajstić information content (AvgIpc) is 2.74. The highest BCUT2D eigenvalue weighted by molar-refractivity contribution is 5.90. The van der Waals surface area contributed by atoms with Gasteiger partial charge in [0.15, 0.2) is 5.65 Å². The van der Waals surface area contributed by atoms with Crippen molar-refractivity contribution in [3.05, 3.63) is 17.3 Å². The Morgan fingerprint density at radius 3 is 2.82 bits per heavy atom. The molecule has 0 saturated carbocycles. The SMILES string of the molecule is CNc1nc(N[C@H]2CCCNCC2)nc2nc(C)cc(C)c12. The Morgan fingerprint density at radius 1 is 1.14 bits per heavy atom. The van der Waals surface area contributed by atoms with Gasteiger partial charge in [0.05, 0.1) is 5.39 Å². The molecule has 2 aromatic rings. The molecule has 3 heterocycles. The molecule has 1 saturated heterocycles. The van der Waals surface area contributed by atoms with Gasteiger partial charge < -0.3 is 16.0 Å². The van der Waals surface area contributed by atoms with Crippen LogP contribution in [0, 0.1) is 13.8 Å². The molecule has 0 radical (unpaired) electrons. The Balaban J connectivity index is 1.96. The van der Waals surface area contributed by atoms with Gasteiger partial charge in [-0.05, 0) is 57.8 Å². The second-order valence-electron chi connectivity index (χ2n) is 5.95. The number of nitrogens with zero attached hydrogens (tertiary/aromatic N) is 3. The minimum Gasteiger partial charge on any atom is -0.372 e. The fourth-order valence-corrected chi connectivity index (χ4v) is 3.07. The number of fused-ring (bicyclic) bond motifs is 1. The van der Waals surface area contributed by atoms with Crippen LogP contribution in [0.5, 0.6) is 0 Å². The number of pyridine rings is 1. The molecule has 0 amide bonds. The average molecular weight is 300 g/mol. The van der Waals surface area contributed by atoms with E-state index in [-0.39, 0.29) is 0 Å². The van der Waals surface area contributed by atoms with Gasteiger partial charge in [-0.3, -0.25) is 0 Å². The molecule has 0 bridgehead atoms. The van der Waals surface area contributed by atoms with E-state index < -0.39 is 0 Å². The van der Waals surface area contributed by atoms with E-state index in [4.69, 9.17) is 0 Å². The number of nitrogens with one attached hydrogen (secondary N) is 3. The standard InChI is InChI=1S/C16H24N6/c1-10-9-11(2)19-15-13(10)14(17-3)21-16(22-15)20-12-5-4-7-18-8-6-12/h9,12,18H,4-8H2,1-3H3,(H2,17,19,20,21,22)/t12-/m0/s1. The van der Waals surface area contributed by atoms with E-state index >= 15 is 0 Å². The van der Waals surface area contributed by atoms with Crippen LogP contribution in [0.4, 0.5) is 11.8 Å². The third-order valence-corrected chi connectivity index (χ3v) is 4.14. The lowest BCUT2D eigenvalue weighted by Gasteiger charge is -2.17. The monoisotopic (exact) mass is 300 g/mol. The molecule has 1 aliphatic heterocycles. The highest BCUT2D eigenvalue weighted by atomic mass is 15.2. The minimum atomic E-state index is 0.420. The number of rotatable bonds is 3. The molecule has 0 spiro atoms. The molecule has 3 N–H and O–H groups in total. The molecular weight excluding hydrogens is 276 g/mol. The Hall–Kier alpha value is -1.95. The molecule has 6 heteroatoms. The van der Waals surface area contributed by atoms with Gasteiger partial charge in [0.2, 0.25) is 5.95 Å². The first kappa shape index (κ1) is 15.0. The summed E-state index contributed by atoms with van der Waals surface area (Å²) in [7, 11) is 1.89. The Kier molecular flexibility index (Phi) is 4.38. The van der Waals surface area contributed by atoms with Gasteiger partial charge in [0.25, 0.3) is 0 Å². The zero-order valence-electron chi connectivity index (χ0n) is 13.5. The van der Waals surface area contributed by atoms with Gasteiger partial charge in [-0.1, -0.05) is 0 Å². The second kappa shape index (κ2) is 6.44. The summed E-state index contributed by atoms with van der Waals surface area (Å²) >= 11 is 0. The number of hydrogen-bond acceptors (Lipinski definition) is 6. The van der Waals surface area contributed by atoms with Crippen molar-refractivity contribution < 1.29 is 0 Å². The first-order valence-corrected chi connectivity index (χ1v) is 7.98. The van der Waals surface area contributed by atoms with Gasteiger partial charge in [-0.15, -0.1) is 0 Å². The van der Waals surface area contributed by atoms with Crippen LogP contribution in [0.15, 0.2) is 6.07 Å². The van der Waals surface area contributed by atoms with Gasteiger partial charge in [0.1, 0.15) is 5.82 Å². The molecule has 0 aromatic carbocycles. The number of anilines is 2. The normalized spacial score (nSPS) is 19.0. The molecule has 3 rings (SSSR count). The summed E-state index contributed by atoms with van der Waals surface area (Å²) in [5.74, 6) is 1.51. The minimum absolute atomic E-state index is 0.420. The summed E-state index contributed by atoms with van der Waals surface area (Å²) in [5, 5.41) is 11.1. The maximum absolute atomic E-state index is 4.64. The van der Waals surface area contributed by atoms with Gasteiger partial charge in [-0.2, -0.15) is 9.97 Å². The topological polar surface area (TPSA) is 74.8 Å². The van der Waals surface area contributed by atoms with Crippen molar-refractivity contribution in [1.82, 2.24) is 20.3 Å². The van der Waals surface area contributed by atoms with Crippen LogP contribution in [0.1, 0.15) is 30.5 Å². The van der Waals surface area contributed by atoms with Crippen molar-refractivity contribution in [2.24, 2.45) is 0 Å². The van der Waals surface area contributed by atoms with Crippen LogP contribution in [-0.2, 0) is 0 Å². The Morgan fingerprint density at radius 2 is 2.00 bits per heavy atom. The third-order valence-electron chi connectivity index (χ3n) is 4.14. The van der Waals surface area contributed by atoms with Crippen LogP contribution in [0.2, 0.25) is 0 Å². The fraction of sp³-hybridized carbons (Fsp3) is 0.562. The summed E-state index contributed by atoms with van der Waals surface area (Å²) in [5.41, 5.74) is 2.89. The first-order chi connectivity index (χ1) is 10.7. The molecule has 6 nitrogen and oxygen atoms in total. The van der Waals surface area contributed by atoms with Gasteiger partial charge >= 0.3 is 0 Å². The zero-order valence-corrected chi connectivity index (χ0v) is 13.5. The quantitative estimate of drug-likeness (QED) is 0.807. The Labute approximate surface area is 131 Å². The maximum Gasteiger partial charge on any atom is 0.226 e. The van der Waals surface area contributed by atoms with E-state index in [1.807, 2.05) is 14.0 Å².